The zero-order valence-electron chi connectivity index (χ0n) is 10.4. The second kappa shape index (κ2) is 6.20. The number of ether oxygens (including phenoxy) is 1. The Balaban J connectivity index is 2.89. The highest BCUT2D eigenvalue weighted by atomic mass is 16.5. The molecule has 0 spiro atoms. The van der Waals surface area contributed by atoms with Crippen LogP contribution < -0.4 is 5.56 Å². The van der Waals surface area contributed by atoms with E-state index in [1.165, 1.54) is 12.3 Å². The molecule has 94 valence electrons. The molecule has 0 aliphatic carbocycles. The number of H-pyrrole nitrogens is 1. The van der Waals surface area contributed by atoms with Gasteiger partial charge in [-0.2, -0.15) is 0 Å². The molecule has 1 atom stereocenters. The van der Waals surface area contributed by atoms with Crippen molar-refractivity contribution >= 4 is 5.91 Å². The average Bonchev–Trinajstić information content (AvgIpc) is 2.30. The van der Waals surface area contributed by atoms with Gasteiger partial charge in [-0.1, -0.05) is 0 Å². The van der Waals surface area contributed by atoms with Gasteiger partial charge in [-0.15, -0.1) is 0 Å². The van der Waals surface area contributed by atoms with Gasteiger partial charge >= 0.3 is 0 Å². The second-order valence-corrected chi connectivity index (χ2v) is 3.84. The van der Waals surface area contributed by atoms with E-state index in [-0.39, 0.29) is 17.5 Å². The van der Waals surface area contributed by atoms with Gasteiger partial charge in [0.25, 0.3) is 5.91 Å². The molecule has 0 saturated carbocycles. The molecule has 1 N–H and O–H groups in total. The van der Waals surface area contributed by atoms with Gasteiger partial charge in [0.05, 0.1) is 12.6 Å². The maximum atomic E-state index is 12.2. The number of likely N-dealkylation sites (N-methyl/N-ethyl adjacent to an activating group) is 1. The number of hydrogen-bond acceptors (Lipinski definition) is 3. The van der Waals surface area contributed by atoms with E-state index in [1.807, 2.05) is 13.8 Å². The molecule has 0 aromatic carbocycles. The molecule has 5 nitrogen and oxygen atoms in total. The SMILES string of the molecule is CCN(C(=O)c1cc[nH]c(=O)c1)C(C)COC. The lowest BCUT2D eigenvalue weighted by atomic mass is 10.2. The smallest absolute Gasteiger partial charge is 0.254 e. The molecule has 1 aromatic rings. The first-order valence-electron chi connectivity index (χ1n) is 5.58. The maximum Gasteiger partial charge on any atom is 0.254 e. The summed E-state index contributed by atoms with van der Waals surface area (Å²) in [5.74, 6) is -0.150. The van der Waals surface area contributed by atoms with Gasteiger partial charge in [-0.3, -0.25) is 9.59 Å². The number of aromatic amines is 1. The number of carbonyl (C=O) groups excluding carboxylic acids is 1. The minimum absolute atomic E-state index is 0.0169. The highest BCUT2D eigenvalue weighted by Gasteiger charge is 2.19. The van der Waals surface area contributed by atoms with Crippen molar-refractivity contribution in [3.63, 3.8) is 0 Å². The standard InChI is InChI=1S/C12H18N2O3/c1-4-14(9(2)8-17-3)12(16)10-5-6-13-11(15)7-10/h5-7,9H,4,8H2,1-3H3,(H,13,15). The zero-order valence-corrected chi connectivity index (χ0v) is 10.4. The number of carbonyl (C=O) groups is 1. The third kappa shape index (κ3) is 3.42. The molecule has 17 heavy (non-hydrogen) atoms. The number of methoxy groups -OCH3 is 1. The third-order valence-electron chi connectivity index (χ3n) is 2.56. The van der Waals surface area contributed by atoms with E-state index in [4.69, 9.17) is 4.74 Å². The van der Waals surface area contributed by atoms with Gasteiger partial charge < -0.3 is 14.6 Å². The average molecular weight is 238 g/mol. The molecule has 1 unspecified atom stereocenters. The van der Waals surface area contributed by atoms with Crippen LogP contribution in [-0.2, 0) is 4.74 Å². The largest absolute Gasteiger partial charge is 0.383 e. The van der Waals surface area contributed by atoms with E-state index in [9.17, 15) is 9.59 Å². The van der Waals surface area contributed by atoms with Crippen LogP contribution >= 0.6 is 0 Å². The zero-order chi connectivity index (χ0) is 12.8. The first kappa shape index (κ1) is 13.4. The van der Waals surface area contributed by atoms with Crippen molar-refractivity contribution in [1.82, 2.24) is 9.88 Å². The summed E-state index contributed by atoms with van der Waals surface area (Å²) in [7, 11) is 1.60. The van der Waals surface area contributed by atoms with Gasteiger partial charge in [-0.25, -0.2) is 0 Å². The van der Waals surface area contributed by atoms with Crippen molar-refractivity contribution in [2.24, 2.45) is 0 Å². The first-order chi connectivity index (χ1) is 8.10. The summed E-state index contributed by atoms with van der Waals surface area (Å²) in [6.07, 6.45) is 1.48. The topological polar surface area (TPSA) is 62.4 Å². The molecule has 0 radical (unpaired) electrons. The van der Waals surface area contributed by atoms with Crippen LogP contribution in [0.5, 0.6) is 0 Å². The summed E-state index contributed by atoms with van der Waals surface area (Å²) in [5, 5.41) is 0. The van der Waals surface area contributed by atoms with Crippen LogP contribution in [0.1, 0.15) is 24.2 Å². The Morgan fingerprint density at radius 1 is 1.59 bits per heavy atom. The Morgan fingerprint density at radius 2 is 2.29 bits per heavy atom. The summed E-state index contributed by atoms with van der Waals surface area (Å²) in [6, 6.07) is 2.90. The molecule has 0 saturated heterocycles. The van der Waals surface area contributed by atoms with E-state index in [0.717, 1.165) is 0 Å². The predicted molar refractivity (Wildman–Crippen MR) is 65.1 cm³/mol. The number of nitrogens with zero attached hydrogens (tertiary/aromatic N) is 1. The van der Waals surface area contributed by atoms with Gasteiger partial charge in [0.2, 0.25) is 5.56 Å². The van der Waals surface area contributed by atoms with E-state index in [2.05, 4.69) is 4.98 Å². The number of nitrogens with one attached hydrogen (secondary N) is 1. The van der Waals surface area contributed by atoms with Crippen molar-refractivity contribution in [3.05, 3.63) is 34.2 Å². The van der Waals surface area contributed by atoms with Crippen LogP contribution in [0.25, 0.3) is 0 Å². The number of amides is 1. The lowest BCUT2D eigenvalue weighted by Crippen LogP contribution is -2.41. The summed E-state index contributed by atoms with van der Waals surface area (Å²) in [4.78, 5) is 27.5. The summed E-state index contributed by atoms with van der Waals surface area (Å²) >= 11 is 0. The van der Waals surface area contributed by atoms with Crippen molar-refractivity contribution in [2.75, 3.05) is 20.3 Å². The Bertz CT molecular complexity index is 428. The minimum atomic E-state index is -0.272. The van der Waals surface area contributed by atoms with Crippen molar-refractivity contribution in [3.8, 4) is 0 Å². The van der Waals surface area contributed by atoms with E-state index >= 15 is 0 Å². The fourth-order valence-electron chi connectivity index (χ4n) is 1.73. The van der Waals surface area contributed by atoms with Crippen LogP contribution in [0.2, 0.25) is 0 Å². The van der Waals surface area contributed by atoms with Crippen LogP contribution in [0.4, 0.5) is 0 Å². The van der Waals surface area contributed by atoms with Gasteiger partial charge in [0.15, 0.2) is 0 Å². The van der Waals surface area contributed by atoms with Gasteiger partial charge in [0, 0.05) is 31.5 Å². The molecular formula is C12H18N2O3. The molecule has 1 amide bonds. The summed E-state index contributed by atoms with van der Waals surface area (Å²) in [6.45, 7) is 4.87. The predicted octanol–water partition coefficient (Wildman–Crippen LogP) is 0.872. The molecule has 0 aliphatic rings. The van der Waals surface area contributed by atoms with E-state index in [1.54, 1.807) is 18.1 Å². The Labute approximate surface area is 100 Å². The summed E-state index contributed by atoms with van der Waals surface area (Å²) in [5.41, 5.74) is 0.129. The van der Waals surface area contributed by atoms with Crippen LogP contribution in [0.3, 0.4) is 0 Å². The Hall–Kier alpha value is -1.62. The van der Waals surface area contributed by atoms with E-state index < -0.39 is 0 Å². The molecule has 0 bridgehead atoms. The number of rotatable bonds is 5. The van der Waals surface area contributed by atoms with Crippen molar-refractivity contribution in [2.45, 2.75) is 19.9 Å². The monoisotopic (exact) mass is 238 g/mol. The fraction of sp³-hybridized carbons (Fsp3) is 0.500. The first-order valence-corrected chi connectivity index (χ1v) is 5.58. The molecular weight excluding hydrogens is 220 g/mol. The number of hydrogen-bond donors (Lipinski definition) is 1. The maximum absolute atomic E-state index is 12.2. The second-order valence-electron chi connectivity index (χ2n) is 3.84. The number of pyridine rings is 1. The Kier molecular flexibility index (Phi) is 4.90. The quantitative estimate of drug-likeness (QED) is 0.828. The molecule has 5 heteroatoms. The van der Waals surface area contributed by atoms with Crippen molar-refractivity contribution in [1.29, 1.82) is 0 Å². The van der Waals surface area contributed by atoms with Crippen LogP contribution in [0.15, 0.2) is 23.1 Å². The van der Waals surface area contributed by atoms with Crippen molar-refractivity contribution < 1.29 is 9.53 Å². The molecule has 1 aromatic heterocycles. The van der Waals surface area contributed by atoms with Gasteiger partial charge in [-0.05, 0) is 19.9 Å². The lowest BCUT2D eigenvalue weighted by Gasteiger charge is -2.27. The van der Waals surface area contributed by atoms with Gasteiger partial charge in [0.1, 0.15) is 0 Å². The van der Waals surface area contributed by atoms with E-state index in [0.29, 0.717) is 18.7 Å². The molecule has 1 heterocycles. The van der Waals surface area contributed by atoms with Crippen LogP contribution in [0, 0.1) is 0 Å². The Morgan fingerprint density at radius 3 is 2.82 bits per heavy atom. The summed E-state index contributed by atoms with van der Waals surface area (Å²) < 4.78 is 5.03. The highest BCUT2D eigenvalue weighted by molar-refractivity contribution is 5.94. The number of aromatic nitrogens is 1. The normalized spacial score (nSPS) is 12.2. The molecule has 1 rings (SSSR count). The molecule has 0 fully saturated rings. The fourth-order valence-corrected chi connectivity index (χ4v) is 1.73. The third-order valence-corrected chi connectivity index (χ3v) is 2.56. The molecule has 0 aliphatic heterocycles. The minimum Gasteiger partial charge on any atom is -0.383 e. The lowest BCUT2D eigenvalue weighted by molar-refractivity contribution is 0.0579. The van der Waals surface area contributed by atoms with Crippen LogP contribution in [-0.4, -0.2) is 42.1 Å². The highest BCUT2D eigenvalue weighted by Crippen LogP contribution is 2.06.